The van der Waals surface area contributed by atoms with Crippen LogP contribution in [0.2, 0.25) is 0 Å². The van der Waals surface area contributed by atoms with Crippen LogP contribution in [0, 0.1) is 6.92 Å². The number of nitrogens with one attached hydrogen (secondary N) is 2. The molecular weight excluding hydrogens is 366 g/mol. The fraction of sp³-hybridized carbons (Fsp3) is 0.522. The number of nitrogens with zero attached hydrogens (tertiary/aromatic N) is 1. The van der Waals surface area contributed by atoms with Crippen molar-refractivity contribution in [3.8, 4) is 0 Å². The van der Waals surface area contributed by atoms with Crippen LogP contribution in [0.1, 0.15) is 43.8 Å². The lowest BCUT2D eigenvalue weighted by molar-refractivity contribution is 0.0427. The Labute approximate surface area is 173 Å². The zero-order chi connectivity index (χ0) is 20.7. The van der Waals surface area contributed by atoms with Crippen LogP contribution in [0.5, 0.6) is 0 Å². The van der Waals surface area contributed by atoms with Gasteiger partial charge in [-0.05, 0) is 51.3 Å². The lowest BCUT2D eigenvalue weighted by atomic mass is 9.74. The molecule has 1 saturated heterocycles. The van der Waals surface area contributed by atoms with E-state index in [-0.39, 0.29) is 12.0 Å². The number of aliphatic imine (C=N–C) groups is 1. The number of hydrogen-bond acceptors (Lipinski definition) is 4. The average molecular weight is 400 g/mol. The topological polar surface area (TPSA) is 79.0 Å². The van der Waals surface area contributed by atoms with Crippen molar-refractivity contribution < 1.29 is 14.3 Å². The van der Waals surface area contributed by atoms with E-state index in [1.54, 1.807) is 13.0 Å². The first kappa shape index (κ1) is 21.4. The Kier molecular flexibility index (Phi) is 6.98. The van der Waals surface area contributed by atoms with E-state index in [1.165, 1.54) is 5.56 Å². The second-order valence-corrected chi connectivity index (χ2v) is 7.99. The Balaban J connectivity index is 1.72. The maximum absolute atomic E-state index is 10.8. The van der Waals surface area contributed by atoms with Crippen LogP contribution >= 0.6 is 0 Å². The van der Waals surface area contributed by atoms with E-state index in [9.17, 15) is 5.11 Å². The molecule has 1 aliphatic heterocycles. The highest BCUT2D eigenvalue weighted by molar-refractivity contribution is 5.80. The van der Waals surface area contributed by atoms with Gasteiger partial charge < -0.3 is 24.9 Å². The summed E-state index contributed by atoms with van der Waals surface area (Å²) >= 11 is 0. The van der Waals surface area contributed by atoms with Crippen molar-refractivity contribution in [1.82, 2.24) is 10.6 Å². The van der Waals surface area contributed by atoms with Crippen molar-refractivity contribution in [3.63, 3.8) is 0 Å². The molecule has 0 aliphatic carbocycles. The molecule has 0 amide bonds. The Morgan fingerprint density at radius 1 is 1.14 bits per heavy atom. The minimum atomic E-state index is -1.16. The van der Waals surface area contributed by atoms with Crippen molar-refractivity contribution in [2.24, 2.45) is 4.99 Å². The highest BCUT2D eigenvalue weighted by Gasteiger charge is 2.34. The van der Waals surface area contributed by atoms with Crippen molar-refractivity contribution in [2.75, 3.05) is 32.8 Å². The van der Waals surface area contributed by atoms with Gasteiger partial charge in [-0.1, -0.05) is 30.3 Å². The van der Waals surface area contributed by atoms with Crippen molar-refractivity contribution in [1.29, 1.82) is 0 Å². The van der Waals surface area contributed by atoms with Crippen LogP contribution in [-0.2, 0) is 15.8 Å². The summed E-state index contributed by atoms with van der Waals surface area (Å²) in [4.78, 5) is 4.63. The van der Waals surface area contributed by atoms with Gasteiger partial charge >= 0.3 is 0 Å². The monoisotopic (exact) mass is 399 g/mol. The smallest absolute Gasteiger partial charge is 0.191 e. The Morgan fingerprint density at radius 2 is 1.86 bits per heavy atom. The molecule has 0 saturated carbocycles. The zero-order valence-electron chi connectivity index (χ0n) is 17.7. The van der Waals surface area contributed by atoms with E-state index in [4.69, 9.17) is 9.15 Å². The summed E-state index contributed by atoms with van der Waals surface area (Å²) in [6, 6.07) is 14.3. The van der Waals surface area contributed by atoms with Crippen LogP contribution in [-0.4, -0.2) is 43.9 Å². The van der Waals surface area contributed by atoms with Gasteiger partial charge in [0.15, 0.2) is 5.96 Å². The summed E-state index contributed by atoms with van der Waals surface area (Å²) in [7, 11) is 0. The van der Waals surface area contributed by atoms with E-state index in [1.807, 2.05) is 26.0 Å². The molecule has 1 aromatic heterocycles. The van der Waals surface area contributed by atoms with Crippen LogP contribution < -0.4 is 10.6 Å². The highest BCUT2D eigenvalue weighted by Crippen LogP contribution is 2.34. The van der Waals surface area contributed by atoms with E-state index in [0.717, 1.165) is 44.9 Å². The Morgan fingerprint density at radius 3 is 2.48 bits per heavy atom. The number of benzene rings is 1. The summed E-state index contributed by atoms with van der Waals surface area (Å²) in [6.45, 7) is 8.86. The molecule has 29 heavy (non-hydrogen) atoms. The number of guanidine groups is 1. The van der Waals surface area contributed by atoms with Crippen LogP contribution in [0.25, 0.3) is 0 Å². The second kappa shape index (κ2) is 9.46. The molecule has 3 rings (SSSR count). The molecule has 1 aliphatic rings. The quantitative estimate of drug-likeness (QED) is 0.493. The normalized spacial score (nSPS) is 18.8. The summed E-state index contributed by atoms with van der Waals surface area (Å²) in [5.74, 6) is 2.00. The molecule has 1 atom stereocenters. The van der Waals surface area contributed by atoms with Gasteiger partial charge in [0.05, 0.1) is 6.54 Å². The largest absolute Gasteiger partial charge is 0.463 e. The Bertz CT molecular complexity index is 793. The first-order valence-corrected chi connectivity index (χ1v) is 10.4. The van der Waals surface area contributed by atoms with Gasteiger partial charge in [-0.25, -0.2) is 4.99 Å². The third-order valence-corrected chi connectivity index (χ3v) is 5.59. The summed E-state index contributed by atoms with van der Waals surface area (Å²) in [5, 5.41) is 17.6. The number of rotatable bonds is 7. The first-order valence-electron chi connectivity index (χ1n) is 10.4. The maximum atomic E-state index is 10.8. The molecule has 0 spiro atoms. The lowest BCUT2D eigenvalue weighted by Gasteiger charge is -2.38. The van der Waals surface area contributed by atoms with Gasteiger partial charge in [0.25, 0.3) is 0 Å². The van der Waals surface area contributed by atoms with Crippen molar-refractivity contribution >= 4 is 5.96 Å². The summed E-state index contributed by atoms with van der Waals surface area (Å²) in [6.07, 6.45) is 1.93. The minimum Gasteiger partial charge on any atom is -0.463 e. The zero-order valence-corrected chi connectivity index (χ0v) is 17.7. The predicted molar refractivity (Wildman–Crippen MR) is 115 cm³/mol. The van der Waals surface area contributed by atoms with Crippen molar-refractivity contribution in [3.05, 3.63) is 59.5 Å². The van der Waals surface area contributed by atoms with Gasteiger partial charge in [0.2, 0.25) is 0 Å². The molecule has 2 aromatic rings. The predicted octanol–water partition coefficient (Wildman–Crippen LogP) is 3.10. The molecule has 6 heteroatoms. The number of ether oxygens (including phenoxy) is 1. The molecule has 6 nitrogen and oxygen atoms in total. The first-order chi connectivity index (χ1) is 14.0. The third kappa shape index (κ3) is 5.40. The fourth-order valence-electron chi connectivity index (χ4n) is 3.75. The number of aryl methyl sites for hydroxylation is 1. The lowest BCUT2D eigenvalue weighted by Crippen LogP contribution is -2.48. The molecule has 0 bridgehead atoms. The van der Waals surface area contributed by atoms with Crippen LogP contribution in [0.4, 0.5) is 0 Å². The van der Waals surface area contributed by atoms with E-state index in [0.29, 0.717) is 11.7 Å². The summed E-state index contributed by atoms with van der Waals surface area (Å²) in [5.41, 5.74) is 0.174. The van der Waals surface area contributed by atoms with Gasteiger partial charge in [0.1, 0.15) is 17.1 Å². The van der Waals surface area contributed by atoms with Gasteiger partial charge in [0, 0.05) is 31.7 Å². The molecule has 2 heterocycles. The molecular formula is C23H33N3O3. The molecule has 3 N–H and O–H groups in total. The van der Waals surface area contributed by atoms with Crippen LogP contribution in [0.15, 0.2) is 51.9 Å². The van der Waals surface area contributed by atoms with Gasteiger partial charge in [-0.2, -0.15) is 0 Å². The average Bonchev–Trinajstić information content (AvgIpc) is 3.19. The van der Waals surface area contributed by atoms with Crippen LogP contribution in [0.3, 0.4) is 0 Å². The van der Waals surface area contributed by atoms with E-state index < -0.39 is 5.60 Å². The molecule has 1 fully saturated rings. The number of hydrogen-bond donors (Lipinski definition) is 3. The highest BCUT2D eigenvalue weighted by atomic mass is 16.5. The van der Waals surface area contributed by atoms with E-state index in [2.05, 4.69) is 39.9 Å². The molecule has 1 aromatic carbocycles. The molecule has 1 unspecified atom stereocenters. The second-order valence-electron chi connectivity index (χ2n) is 7.99. The maximum Gasteiger partial charge on any atom is 0.191 e. The minimum absolute atomic E-state index is 0.0103. The molecule has 158 valence electrons. The third-order valence-electron chi connectivity index (χ3n) is 5.59. The van der Waals surface area contributed by atoms with Gasteiger partial charge in [-0.3, -0.25) is 0 Å². The van der Waals surface area contributed by atoms with Crippen molar-refractivity contribution in [2.45, 2.75) is 44.6 Å². The summed E-state index contributed by atoms with van der Waals surface area (Å²) < 4.78 is 11.2. The number of aliphatic hydroxyl groups is 1. The number of furan rings is 1. The standard InChI is InChI=1S/C23H33N3O3/c1-4-24-21(25-16-22(3,27)20-11-10-18(2)29-20)26-17-23(12-14-28-15-13-23)19-8-6-5-7-9-19/h5-11,27H,4,12-17H2,1-3H3,(H2,24,25,26). The Hall–Kier alpha value is -2.31. The molecule has 0 radical (unpaired) electrons. The van der Waals surface area contributed by atoms with E-state index >= 15 is 0 Å². The van der Waals surface area contributed by atoms with Gasteiger partial charge in [-0.15, -0.1) is 0 Å². The SMILES string of the molecule is CCNC(=NCC(C)(O)c1ccc(C)o1)NCC1(c2ccccc2)CCOCC1. The fourth-order valence-corrected chi connectivity index (χ4v) is 3.75.